The summed E-state index contributed by atoms with van der Waals surface area (Å²) in [5.41, 5.74) is -4.90. The molecule has 4 aromatic rings. The second-order valence-corrected chi connectivity index (χ2v) is 47.1. The van der Waals surface area contributed by atoms with E-state index in [1.54, 1.807) is 190 Å². The van der Waals surface area contributed by atoms with Gasteiger partial charge in [-0.05, 0) is 228 Å². The highest BCUT2D eigenvalue weighted by Crippen LogP contribution is 2.56. The van der Waals surface area contributed by atoms with E-state index in [1.807, 2.05) is 36.0 Å². The number of hydrogen-bond acceptors (Lipinski definition) is 17. The summed E-state index contributed by atoms with van der Waals surface area (Å²) in [5.74, 6) is -5.17. The molecule has 2 atom stereocenters. The Balaban J connectivity index is 2.42. The predicted octanol–water partition coefficient (Wildman–Crippen LogP) is 31.4. The number of unbranched alkanes of at least 4 members (excludes halogenated alkanes) is 28. The van der Waals surface area contributed by atoms with Crippen molar-refractivity contribution in [3.8, 4) is 46.0 Å². The van der Waals surface area contributed by atoms with Gasteiger partial charge in [0.1, 0.15) is 46.0 Å². The van der Waals surface area contributed by atoms with Crippen LogP contribution in [0, 0.1) is 43.3 Å². The van der Waals surface area contributed by atoms with Crippen LogP contribution in [0.5, 0.6) is 46.0 Å². The van der Waals surface area contributed by atoms with Crippen LogP contribution in [0.1, 0.15) is 486 Å². The molecule has 18 heteroatoms. The van der Waals surface area contributed by atoms with Gasteiger partial charge in [-0.1, -0.05) is 242 Å². The summed E-state index contributed by atoms with van der Waals surface area (Å²) in [6, 6.07) is 14.8. The van der Waals surface area contributed by atoms with Crippen molar-refractivity contribution in [3.05, 3.63) is 93.0 Å². The van der Waals surface area contributed by atoms with E-state index >= 15 is 38.4 Å². The number of halogens is 1. The Morgan fingerprint density at radius 1 is 0.219 bits per heavy atom. The molecule has 2 unspecified atom stereocenters. The molecular weight excluding hydrogens is 1740 g/mol. The molecule has 0 saturated heterocycles. The van der Waals surface area contributed by atoms with Gasteiger partial charge in [0.2, 0.25) is 0 Å². The number of benzene rings is 4. The Morgan fingerprint density at radius 3 is 0.500 bits per heavy atom. The molecule has 1 aliphatic carbocycles. The topological polar surface area (TPSA) is 210 Å². The summed E-state index contributed by atoms with van der Waals surface area (Å²) in [6.07, 6.45) is 32.4. The zero-order valence-electron chi connectivity index (χ0n) is 84.8. The van der Waals surface area contributed by atoms with Crippen molar-refractivity contribution in [2.75, 3.05) is 15.9 Å². The number of alkyl halides is 1. The second kappa shape index (κ2) is 52.4. The van der Waals surface area contributed by atoms with E-state index in [2.05, 4.69) is 43.4 Å². The number of ether oxygens (including phenoxy) is 8. The summed E-state index contributed by atoms with van der Waals surface area (Å²) in [5, 5.41) is 0. The minimum Gasteiger partial charge on any atom is -0.426 e. The fraction of sp³-hybridized carbons (Fsp3) is 0.709. The quantitative estimate of drug-likeness (QED) is 0.0132. The van der Waals surface area contributed by atoms with E-state index in [4.69, 9.17) is 37.9 Å². The third kappa shape index (κ3) is 36.9. The average Bonchev–Trinajstić information content (AvgIpc) is 0.739. The normalized spacial score (nSPS) is 15.3. The van der Waals surface area contributed by atoms with Gasteiger partial charge >= 0.3 is 47.8 Å². The molecule has 0 radical (unpaired) electrons. The smallest absolute Gasteiger partial charge is 0.316 e. The van der Waals surface area contributed by atoms with Gasteiger partial charge in [0.05, 0.1) is 43.3 Å². The van der Waals surface area contributed by atoms with Gasteiger partial charge in [-0.15, -0.1) is 0 Å². The van der Waals surface area contributed by atoms with E-state index in [-0.39, 0.29) is 46.0 Å². The van der Waals surface area contributed by atoms with E-state index in [1.165, 1.54) is 6.42 Å². The number of fused-ring (bicyclic) bond motifs is 8. The van der Waals surface area contributed by atoms with E-state index < -0.39 is 115 Å². The third-order valence-electron chi connectivity index (χ3n) is 23.9. The maximum atomic E-state index is 15.4. The molecule has 0 aliphatic heterocycles. The Labute approximate surface area is 793 Å². The number of hydrogen-bond donors (Lipinski definition) is 0. The fourth-order valence-corrected chi connectivity index (χ4v) is 17.1. The molecule has 0 saturated carbocycles. The maximum Gasteiger partial charge on any atom is 0.316 e. The minimum atomic E-state index is -1.10. The summed E-state index contributed by atoms with van der Waals surface area (Å²) in [6.45, 7) is 49.6. The first-order valence-corrected chi connectivity index (χ1v) is 52.1. The molecule has 0 fully saturated rings. The molecule has 128 heavy (non-hydrogen) atoms. The van der Waals surface area contributed by atoms with Crippen LogP contribution in [0.25, 0.3) is 0 Å². The highest BCUT2D eigenvalue weighted by Gasteiger charge is 2.42. The van der Waals surface area contributed by atoms with Crippen LogP contribution >= 0.6 is 34.4 Å². The monoisotopic (exact) mass is 1910 g/mol. The van der Waals surface area contributed by atoms with E-state index in [9.17, 15) is 0 Å². The molecule has 16 nitrogen and oxygen atoms in total. The molecule has 5 rings (SSSR count). The molecule has 0 amide bonds. The van der Waals surface area contributed by atoms with Gasteiger partial charge in [-0.25, -0.2) is 0 Å². The van der Waals surface area contributed by atoms with Crippen molar-refractivity contribution in [2.24, 2.45) is 43.3 Å². The van der Waals surface area contributed by atoms with Crippen LogP contribution in [-0.4, -0.2) is 63.7 Å². The summed E-state index contributed by atoms with van der Waals surface area (Å²) in [4.78, 5) is 123. The van der Waals surface area contributed by atoms with Crippen LogP contribution in [-0.2, 0) is 38.4 Å². The van der Waals surface area contributed by atoms with Crippen LogP contribution in [0.4, 0.5) is 0 Å². The zero-order chi connectivity index (χ0) is 95.8. The Kier molecular flexibility index (Phi) is 45.9. The lowest BCUT2D eigenvalue weighted by Gasteiger charge is -2.33. The van der Waals surface area contributed by atoms with Gasteiger partial charge in [-0.3, -0.25) is 38.4 Å². The van der Waals surface area contributed by atoms with Crippen molar-refractivity contribution in [1.29, 1.82) is 0 Å². The second-order valence-electron chi connectivity index (χ2n) is 44.7. The van der Waals surface area contributed by atoms with Crippen molar-refractivity contribution in [2.45, 2.75) is 442 Å². The standard InChI is InChI=1S/C110H171IO16S/c1-28-31-34-37-40-45-50-55-60-75-79-67-81(89(122-97(114)105(10,11)12)71-87(79)120-95(112)103(4,5)6)76(61-56-51-46-41-38-35-32-29-2)83-69-85(93(126-101(118)109(22,23)24)73-91(83)124-99(116)107(16,17)18)78(63-58-53-48-43-44-49-54-59-65-128-66-64-111)86-70-84(92(125-100(117)108(19,20)21)74-94(86)127-102(119)110(25,26)27)77(62-57-52-47-42-39-36-33-30-3)82-68-80(75)88(121-96(113)104(7,8)9)72-90(82)123-98(115)106(13,14)15/h67-78H,28-66H2,1-27H3. The Bertz CT molecular complexity index is 3510. The molecular formula is C110H171IO16S. The van der Waals surface area contributed by atoms with Crippen molar-refractivity contribution in [1.82, 2.24) is 0 Å². The van der Waals surface area contributed by atoms with Crippen molar-refractivity contribution in [3.63, 3.8) is 0 Å². The van der Waals surface area contributed by atoms with Crippen molar-refractivity contribution >= 4 is 82.1 Å². The lowest BCUT2D eigenvalue weighted by molar-refractivity contribution is -0.144. The maximum absolute atomic E-state index is 15.4. The molecule has 0 N–H and O–H groups in total. The Morgan fingerprint density at radius 2 is 0.359 bits per heavy atom. The van der Waals surface area contributed by atoms with Crippen LogP contribution in [0.15, 0.2) is 48.5 Å². The first kappa shape index (κ1) is 112. The summed E-state index contributed by atoms with van der Waals surface area (Å²) < 4.78 is 57.2. The number of carbonyl (C=O) groups excluding carboxylic acids is 8. The summed E-state index contributed by atoms with van der Waals surface area (Å²) in [7, 11) is 0. The Hall–Kier alpha value is -6.28. The van der Waals surface area contributed by atoms with E-state index in [0.29, 0.717) is 95.9 Å². The minimum absolute atomic E-state index is 0.0857. The van der Waals surface area contributed by atoms with Crippen molar-refractivity contribution < 1.29 is 76.3 Å². The molecule has 720 valence electrons. The zero-order valence-corrected chi connectivity index (χ0v) is 87.8. The number of esters is 8. The first-order chi connectivity index (χ1) is 59.8. The molecule has 4 aromatic carbocycles. The summed E-state index contributed by atoms with van der Waals surface area (Å²) >= 11 is 4.45. The number of carbonyl (C=O) groups is 8. The average molecular weight is 1910 g/mol. The lowest BCUT2D eigenvalue weighted by Crippen LogP contribution is -2.29. The first-order valence-electron chi connectivity index (χ1n) is 49.4. The molecule has 8 bridgehead atoms. The van der Waals surface area contributed by atoms with Crippen LogP contribution in [0.3, 0.4) is 0 Å². The lowest BCUT2D eigenvalue weighted by atomic mass is 9.76. The van der Waals surface area contributed by atoms with Gasteiger partial charge in [-0.2, -0.15) is 11.8 Å². The number of rotatable bonds is 48. The third-order valence-corrected chi connectivity index (χ3v) is 26.2. The predicted molar refractivity (Wildman–Crippen MR) is 533 cm³/mol. The van der Waals surface area contributed by atoms with Gasteiger partial charge < -0.3 is 37.9 Å². The molecule has 0 heterocycles. The number of thioether (sulfide) groups is 1. The fourth-order valence-electron chi connectivity index (χ4n) is 15.4. The van der Waals surface area contributed by atoms with Crippen LogP contribution < -0.4 is 37.9 Å². The van der Waals surface area contributed by atoms with Gasteiger partial charge in [0.25, 0.3) is 0 Å². The SMILES string of the molecule is CCCCCCCCCCC1c2cc(c(OC(=O)C(C)(C)C)cc2OC(=O)C(C)(C)C)C(CCCCCCCCCC)c2cc(c(OC(=O)C(C)(C)C)cc2OC(=O)C(C)(C)C)C(CCCCCCCCCCSCCI)c2cc(c(OC(=O)C(C)(C)C)cc2OC(=O)C(C)(C)C)C(CCCCCCCCCC)c2cc1c(OC(=O)C(C)(C)C)cc2OC(=O)C(C)(C)C. The highest BCUT2D eigenvalue weighted by atomic mass is 127. The molecule has 0 spiro atoms. The van der Waals surface area contributed by atoms with Crippen LogP contribution in [0.2, 0.25) is 0 Å². The highest BCUT2D eigenvalue weighted by molar-refractivity contribution is 14.1. The van der Waals surface area contributed by atoms with Gasteiger partial charge in [0.15, 0.2) is 0 Å². The van der Waals surface area contributed by atoms with E-state index in [0.717, 1.165) is 189 Å². The largest absolute Gasteiger partial charge is 0.426 e. The molecule has 1 aliphatic rings. The van der Waals surface area contributed by atoms with Gasteiger partial charge in [0, 0.05) is 103 Å². The molecule has 0 aromatic heterocycles.